The standard InChI is InChI=1S/C21H24N4O4/c26-16-6-5-15(18(27)24-16)25-19(28)14-4-1-3-12(17(14)20(25)29)10-23-21-7-2-8-22-11-13(21)9-21/h1,3-4,13,15,22-23H,2,5-11H2,(H,24,26,27). The van der Waals surface area contributed by atoms with Crippen LogP contribution in [0.3, 0.4) is 0 Å². The van der Waals surface area contributed by atoms with E-state index in [-0.39, 0.29) is 24.3 Å². The van der Waals surface area contributed by atoms with Crippen molar-refractivity contribution in [3.8, 4) is 0 Å². The third kappa shape index (κ3) is 2.98. The van der Waals surface area contributed by atoms with E-state index in [1.165, 1.54) is 0 Å². The summed E-state index contributed by atoms with van der Waals surface area (Å²) in [6.07, 6.45) is 3.65. The lowest BCUT2D eigenvalue weighted by molar-refractivity contribution is -0.136. The Morgan fingerprint density at radius 3 is 2.86 bits per heavy atom. The Kier molecular flexibility index (Phi) is 4.29. The molecule has 3 N–H and O–H groups in total. The van der Waals surface area contributed by atoms with Gasteiger partial charge in [0.05, 0.1) is 11.1 Å². The van der Waals surface area contributed by atoms with Crippen molar-refractivity contribution in [2.24, 2.45) is 5.92 Å². The molecular weight excluding hydrogens is 372 g/mol. The Morgan fingerprint density at radius 1 is 1.17 bits per heavy atom. The first-order valence-corrected chi connectivity index (χ1v) is 10.3. The van der Waals surface area contributed by atoms with Gasteiger partial charge >= 0.3 is 0 Å². The molecule has 3 unspecified atom stereocenters. The summed E-state index contributed by atoms with van der Waals surface area (Å²) in [6.45, 7) is 2.57. The summed E-state index contributed by atoms with van der Waals surface area (Å²) < 4.78 is 0. The maximum absolute atomic E-state index is 13.2. The number of amides is 4. The number of rotatable bonds is 4. The second-order valence-electron chi connectivity index (χ2n) is 8.51. The van der Waals surface area contributed by atoms with Crippen LogP contribution in [0.2, 0.25) is 0 Å². The average Bonchev–Trinajstić information content (AvgIpc) is 3.36. The summed E-state index contributed by atoms with van der Waals surface area (Å²) in [5.74, 6) is -1.24. The van der Waals surface area contributed by atoms with Crippen LogP contribution in [0.1, 0.15) is 58.4 Å². The molecule has 1 saturated carbocycles. The summed E-state index contributed by atoms with van der Waals surface area (Å²) in [4.78, 5) is 50.8. The minimum atomic E-state index is -0.930. The van der Waals surface area contributed by atoms with Crippen molar-refractivity contribution in [3.63, 3.8) is 0 Å². The van der Waals surface area contributed by atoms with Crippen molar-refractivity contribution in [2.45, 2.75) is 50.2 Å². The fourth-order valence-corrected chi connectivity index (χ4v) is 5.07. The van der Waals surface area contributed by atoms with Crippen LogP contribution in [-0.4, -0.2) is 53.2 Å². The van der Waals surface area contributed by atoms with E-state index >= 15 is 0 Å². The molecule has 8 heteroatoms. The van der Waals surface area contributed by atoms with E-state index in [0.29, 0.717) is 23.6 Å². The quantitative estimate of drug-likeness (QED) is 0.633. The molecule has 0 radical (unpaired) electrons. The largest absolute Gasteiger partial charge is 0.316 e. The zero-order valence-electron chi connectivity index (χ0n) is 16.1. The lowest BCUT2D eigenvalue weighted by Gasteiger charge is -2.27. The molecule has 8 nitrogen and oxygen atoms in total. The normalized spacial score (nSPS) is 31.2. The number of hydrogen-bond acceptors (Lipinski definition) is 6. The van der Waals surface area contributed by atoms with Gasteiger partial charge in [-0.25, -0.2) is 0 Å². The van der Waals surface area contributed by atoms with E-state index < -0.39 is 23.8 Å². The molecule has 5 rings (SSSR count). The molecule has 1 aliphatic carbocycles. The van der Waals surface area contributed by atoms with Gasteiger partial charge in [0, 0.05) is 18.5 Å². The molecule has 2 saturated heterocycles. The summed E-state index contributed by atoms with van der Waals surface area (Å²) >= 11 is 0. The van der Waals surface area contributed by atoms with E-state index in [4.69, 9.17) is 0 Å². The lowest BCUT2D eigenvalue weighted by Crippen LogP contribution is -2.54. The zero-order valence-corrected chi connectivity index (χ0v) is 16.1. The van der Waals surface area contributed by atoms with Gasteiger partial charge in [0.25, 0.3) is 11.8 Å². The second-order valence-corrected chi connectivity index (χ2v) is 8.51. The Balaban J connectivity index is 1.38. The predicted molar refractivity (Wildman–Crippen MR) is 103 cm³/mol. The molecule has 4 amide bonds. The topological polar surface area (TPSA) is 108 Å². The van der Waals surface area contributed by atoms with Gasteiger partial charge in [0.2, 0.25) is 11.8 Å². The van der Waals surface area contributed by atoms with Crippen LogP contribution >= 0.6 is 0 Å². The molecule has 29 heavy (non-hydrogen) atoms. The van der Waals surface area contributed by atoms with Gasteiger partial charge in [0.1, 0.15) is 6.04 Å². The van der Waals surface area contributed by atoms with Gasteiger partial charge in [-0.2, -0.15) is 0 Å². The highest BCUT2D eigenvalue weighted by molar-refractivity contribution is 6.24. The molecule has 3 fully saturated rings. The fraction of sp³-hybridized carbons (Fsp3) is 0.524. The first-order valence-electron chi connectivity index (χ1n) is 10.3. The third-order valence-corrected chi connectivity index (χ3v) is 6.78. The second kappa shape index (κ2) is 6.74. The number of piperidine rings is 1. The van der Waals surface area contributed by atoms with E-state index in [2.05, 4.69) is 16.0 Å². The van der Waals surface area contributed by atoms with Crippen molar-refractivity contribution >= 4 is 23.6 Å². The van der Waals surface area contributed by atoms with Crippen LogP contribution in [-0.2, 0) is 16.1 Å². The molecule has 0 bridgehead atoms. The summed E-state index contributed by atoms with van der Waals surface area (Å²) in [5, 5.41) is 9.35. The first-order chi connectivity index (χ1) is 14.0. The number of benzene rings is 1. The highest BCUT2D eigenvalue weighted by Crippen LogP contribution is 2.48. The maximum atomic E-state index is 13.2. The van der Waals surface area contributed by atoms with Crippen LogP contribution in [0.5, 0.6) is 0 Å². The molecular formula is C21H24N4O4. The number of nitrogens with zero attached hydrogens (tertiary/aromatic N) is 1. The zero-order chi connectivity index (χ0) is 20.2. The van der Waals surface area contributed by atoms with Crippen molar-refractivity contribution in [1.29, 1.82) is 0 Å². The van der Waals surface area contributed by atoms with Crippen molar-refractivity contribution in [2.75, 3.05) is 13.1 Å². The Bertz CT molecular complexity index is 929. The van der Waals surface area contributed by atoms with Crippen LogP contribution in [0.4, 0.5) is 0 Å². The first kappa shape index (κ1) is 18.4. The highest BCUT2D eigenvalue weighted by atomic mass is 16.2. The molecule has 0 spiro atoms. The van der Waals surface area contributed by atoms with Crippen LogP contribution in [0.15, 0.2) is 18.2 Å². The monoisotopic (exact) mass is 396 g/mol. The maximum Gasteiger partial charge on any atom is 0.262 e. The molecule has 4 aliphatic rings. The fourth-order valence-electron chi connectivity index (χ4n) is 5.07. The number of fused-ring (bicyclic) bond motifs is 2. The molecule has 1 aromatic carbocycles. The summed E-state index contributed by atoms with van der Waals surface area (Å²) in [6, 6.07) is 4.36. The molecule has 3 atom stereocenters. The Hall–Kier alpha value is -2.58. The number of carbonyl (C=O) groups excluding carboxylic acids is 4. The summed E-state index contributed by atoms with van der Waals surface area (Å²) in [5.41, 5.74) is 1.63. The van der Waals surface area contributed by atoms with Crippen LogP contribution in [0, 0.1) is 5.92 Å². The minimum absolute atomic E-state index is 0.121. The predicted octanol–water partition coefficient (Wildman–Crippen LogP) is 0.320. The Morgan fingerprint density at radius 2 is 2.03 bits per heavy atom. The molecule has 152 valence electrons. The molecule has 3 aliphatic heterocycles. The van der Waals surface area contributed by atoms with Gasteiger partial charge in [-0.1, -0.05) is 12.1 Å². The van der Waals surface area contributed by atoms with Gasteiger partial charge < -0.3 is 10.6 Å². The van der Waals surface area contributed by atoms with E-state index in [1.54, 1.807) is 12.1 Å². The SMILES string of the molecule is O=C1CCC(N2C(=O)c3cccc(CNC45CCCNCC4C5)c3C2=O)C(=O)N1. The van der Waals surface area contributed by atoms with Gasteiger partial charge in [-0.05, 0) is 56.3 Å². The summed E-state index contributed by atoms with van der Waals surface area (Å²) in [7, 11) is 0. The average molecular weight is 396 g/mol. The van der Waals surface area contributed by atoms with E-state index in [1.807, 2.05) is 6.07 Å². The smallest absolute Gasteiger partial charge is 0.262 e. The van der Waals surface area contributed by atoms with Gasteiger partial charge in [-0.15, -0.1) is 0 Å². The van der Waals surface area contributed by atoms with Crippen molar-refractivity contribution in [1.82, 2.24) is 20.9 Å². The molecule has 0 aromatic heterocycles. The van der Waals surface area contributed by atoms with E-state index in [0.717, 1.165) is 42.8 Å². The van der Waals surface area contributed by atoms with E-state index in [9.17, 15) is 19.2 Å². The van der Waals surface area contributed by atoms with Crippen LogP contribution < -0.4 is 16.0 Å². The highest BCUT2D eigenvalue weighted by Gasteiger charge is 2.53. The number of carbonyl (C=O) groups is 4. The van der Waals surface area contributed by atoms with Gasteiger partial charge in [0.15, 0.2) is 0 Å². The lowest BCUT2D eigenvalue weighted by atomic mass is 10.0. The van der Waals surface area contributed by atoms with Crippen molar-refractivity contribution in [3.05, 3.63) is 34.9 Å². The number of imide groups is 2. The van der Waals surface area contributed by atoms with Crippen LogP contribution in [0.25, 0.3) is 0 Å². The van der Waals surface area contributed by atoms with Gasteiger partial charge in [-0.3, -0.25) is 29.4 Å². The Labute approximate surface area is 168 Å². The third-order valence-electron chi connectivity index (χ3n) is 6.78. The number of nitrogens with one attached hydrogen (secondary N) is 3. The molecule has 3 heterocycles. The van der Waals surface area contributed by atoms with Crippen molar-refractivity contribution < 1.29 is 19.2 Å². The molecule has 1 aromatic rings. The minimum Gasteiger partial charge on any atom is -0.316 e. The number of hydrogen-bond donors (Lipinski definition) is 3.